The molecule has 0 radical (unpaired) electrons. The van der Waals surface area contributed by atoms with Gasteiger partial charge in [-0.05, 0) is 55.3 Å². The normalized spacial score (nSPS) is 10.5. The molecule has 0 aliphatic carbocycles. The summed E-state index contributed by atoms with van der Waals surface area (Å²) in [4.78, 5) is 12.2. The van der Waals surface area contributed by atoms with Gasteiger partial charge in [-0.2, -0.15) is 0 Å². The van der Waals surface area contributed by atoms with E-state index in [1.807, 2.05) is 25.1 Å². The molecule has 7 heteroatoms. The van der Waals surface area contributed by atoms with Gasteiger partial charge in [0.1, 0.15) is 24.2 Å². The number of ether oxygens (including phenoxy) is 1. The summed E-state index contributed by atoms with van der Waals surface area (Å²) in [6, 6.07) is 10.4. The number of phenols is 1. The van der Waals surface area contributed by atoms with Crippen LogP contribution in [0.5, 0.6) is 11.5 Å². The second-order valence-electron chi connectivity index (χ2n) is 5.68. The van der Waals surface area contributed by atoms with E-state index in [1.165, 1.54) is 6.07 Å². The number of phenolic OH excluding ortho intramolecular Hbond substituents is 1. The molecule has 128 valence electrons. The SMILES string of the molecule is Cc1ccc(OCC(=O)Nc2ccc(O)cc2C)c(-n2cnnc2)c1. The maximum atomic E-state index is 12.2. The van der Waals surface area contributed by atoms with E-state index in [-0.39, 0.29) is 18.3 Å². The fourth-order valence-corrected chi connectivity index (χ4v) is 2.39. The Hall–Kier alpha value is -3.35. The third-order valence-electron chi connectivity index (χ3n) is 3.65. The molecule has 0 saturated carbocycles. The van der Waals surface area contributed by atoms with Gasteiger partial charge in [-0.1, -0.05) is 6.07 Å². The van der Waals surface area contributed by atoms with Crippen LogP contribution in [0.4, 0.5) is 5.69 Å². The van der Waals surface area contributed by atoms with Gasteiger partial charge in [0.2, 0.25) is 0 Å². The number of aromatic hydroxyl groups is 1. The number of anilines is 1. The van der Waals surface area contributed by atoms with Crippen LogP contribution in [0, 0.1) is 13.8 Å². The van der Waals surface area contributed by atoms with Crippen molar-refractivity contribution in [1.29, 1.82) is 0 Å². The number of aromatic nitrogens is 3. The number of hydrogen-bond acceptors (Lipinski definition) is 5. The minimum absolute atomic E-state index is 0.140. The van der Waals surface area contributed by atoms with E-state index < -0.39 is 0 Å². The molecule has 1 heterocycles. The molecule has 0 unspecified atom stereocenters. The van der Waals surface area contributed by atoms with Gasteiger partial charge in [-0.25, -0.2) is 0 Å². The Bertz CT molecular complexity index is 891. The molecule has 3 rings (SSSR count). The maximum absolute atomic E-state index is 12.2. The highest BCUT2D eigenvalue weighted by Gasteiger charge is 2.10. The number of hydrogen-bond donors (Lipinski definition) is 2. The Kier molecular flexibility index (Phi) is 4.65. The first-order valence-corrected chi connectivity index (χ1v) is 7.71. The smallest absolute Gasteiger partial charge is 0.262 e. The zero-order chi connectivity index (χ0) is 17.8. The van der Waals surface area contributed by atoms with Crippen LogP contribution in [0.1, 0.15) is 11.1 Å². The van der Waals surface area contributed by atoms with Crippen molar-refractivity contribution < 1.29 is 14.6 Å². The van der Waals surface area contributed by atoms with Gasteiger partial charge in [0.25, 0.3) is 5.91 Å². The molecule has 25 heavy (non-hydrogen) atoms. The molecule has 7 nitrogen and oxygen atoms in total. The van der Waals surface area contributed by atoms with Crippen molar-refractivity contribution in [2.45, 2.75) is 13.8 Å². The first-order valence-electron chi connectivity index (χ1n) is 7.71. The van der Waals surface area contributed by atoms with Crippen molar-refractivity contribution in [3.8, 4) is 17.2 Å². The number of rotatable bonds is 5. The number of benzene rings is 2. The molecular weight excluding hydrogens is 320 g/mol. The summed E-state index contributed by atoms with van der Waals surface area (Å²) in [6.07, 6.45) is 3.14. The zero-order valence-electron chi connectivity index (χ0n) is 13.9. The number of carbonyl (C=O) groups excluding carboxylic acids is 1. The molecule has 0 saturated heterocycles. The molecule has 3 aromatic rings. The van der Waals surface area contributed by atoms with E-state index in [0.717, 1.165) is 16.8 Å². The van der Waals surface area contributed by atoms with Crippen LogP contribution < -0.4 is 10.1 Å². The molecule has 0 fully saturated rings. The first-order chi connectivity index (χ1) is 12.0. The molecule has 1 aromatic heterocycles. The van der Waals surface area contributed by atoms with E-state index in [9.17, 15) is 9.90 Å². The Morgan fingerprint density at radius 2 is 1.92 bits per heavy atom. The van der Waals surface area contributed by atoms with Crippen molar-refractivity contribution in [3.63, 3.8) is 0 Å². The lowest BCUT2D eigenvalue weighted by molar-refractivity contribution is -0.118. The van der Waals surface area contributed by atoms with E-state index in [4.69, 9.17) is 4.74 Å². The topological polar surface area (TPSA) is 89.3 Å². The van der Waals surface area contributed by atoms with E-state index in [1.54, 1.807) is 36.3 Å². The molecule has 0 spiro atoms. The second kappa shape index (κ2) is 7.04. The first kappa shape index (κ1) is 16.5. The quantitative estimate of drug-likeness (QED) is 0.698. The summed E-state index contributed by atoms with van der Waals surface area (Å²) < 4.78 is 7.40. The summed E-state index contributed by atoms with van der Waals surface area (Å²) in [7, 11) is 0. The van der Waals surface area contributed by atoms with E-state index >= 15 is 0 Å². The minimum Gasteiger partial charge on any atom is -0.508 e. The third-order valence-corrected chi connectivity index (χ3v) is 3.65. The monoisotopic (exact) mass is 338 g/mol. The standard InChI is InChI=1S/C18H18N4O3/c1-12-3-6-17(16(7-12)22-10-19-20-11-22)25-9-18(24)21-15-5-4-14(23)8-13(15)2/h3-8,10-11,23H,9H2,1-2H3,(H,21,24). The number of nitrogens with one attached hydrogen (secondary N) is 1. The predicted octanol–water partition coefficient (Wildman–Crippen LogP) is 2.61. The maximum Gasteiger partial charge on any atom is 0.262 e. The highest BCUT2D eigenvalue weighted by molar-refractivity contribution is 5.92. The summed E-state index contributed by atoms with van der Waals surface area (Å²) >= 11 is 0. The van der Waals surface area contributed by atoms with E-state index in [0.29, 0.717) is 11.4 Å². The summed E-state index contributed by atoms with van der Waals surface area (Å²) in [5.41, 5.74) is 3.22. The average molecular weight is 338 g/mol. The average Bonchev–Trinajstić information content (AvgIpc) is 3.10. The molecule has 0 aliphatic rings. The van der Waals surface area contributed by atoms with Crippen LogP contribution in [0.2, 0.25) is 0 Å². The van der Waals surface area contributed by atoms with Crippen LogP contribution in [0.15, 0.2) is 49.1 Å². The molecule has 2 aromatic carbocycles. The number of aryl methyl sites for hydroxylation is 2. The number of amides is 1. The lowest BCUT2D eigenvalue weighted by Crippen LogP contribution is -2.21. The van der Waals surface area contributed by atoms with Crippen LogP contribution in [-0.4, -0.2) is 32.4 Å². The van der Waals surface area contributed by atoms with Crippen LogP contribution >= 0.6 is 0 Å². The zero-order valence-corrected chi connectivity index (χ0v) is 13.9. The fourth-order valence-electron chi connectivity index (χ4n) is 2.39. The van der Waals surface area contributed by atoms with Gasteiger partial charge in [-0.15, -0.1) is 10.2 Å². The van der Waals surface area contributed by atoms with Crippen molar-refractivity contribution >= 4 is 11.6 Å². The number of nitrogens with zero attached hydrogens (tertiary/aromatic N) is 3. The van der Waals surface area contributed by atoms with Crippen LogP contribution in [-0.2, 0) is 4.79 Å². The molecule has 1 amide bonds. The minimum atomic E-state index is -0.288. The number of carbonyl (C=O) groups is 1. The van der Waals surface area contributed by atoms with Crippen molar-refractivity contribution in [2.24, 2.45) is 0 Å². The summed E-state index contributed by atoms with van der Waals surface area (Å²) in [5, 5.41) is 19.8. The fraction of sp³-hybridized carbons (Fsp3) is 0.167. The van der Waals surface area contributed by atoms with Crippen molar-refractivity contribution in [1.82, 2.24) is 14.8 Å². The largest absolute Gasteiger partial charge is 0.508 e. The second-order valence-corrected chi connectivity index (χ2v) is 5.68. The molecule has 0 aliphatic heterocycles. The Morgan fingerprint density at radius 1 is 1.16 bits per heavy atom. The Morgan fingerprint density at radius 3 is 2.64 bits per heavy atom. The molecule has 0 bridgehead atoms. The van der Waals surface area contributed by atoms with Gasteiger partial charge in [0, 0.05) is 5.69 Å². The predicted molar refractivity (Wildman–Crippen MR) is 93.1 cm³/mol. The molecule has 0 atom stereocenters. The van der Waals surface area contributed by atoms with Gasteiger partial charge < -0.3 is 15.2 Å². The van der Waals surface area contributed by atoms with Gasteiger partial charge in [0.15, 0.2) is 6.61 Å². The Balaban J connectivity index is 1.70. The van der Waals surface area contributed by atoms with Gasteiger partial charge in [-0.3, -0.25) is 9.36 Å². The van der Waals surface area contributed by atoms with Crippen LogP contribution in [0.25, 0.3) is 5.69 Å². The Labute approximate surface area is 144 Å². The highest BCUT2D eigenvalue weighted by atomic mass is 16.5. The lowest BCUT2D eigenvalue weighted by atomic mass is 10.2. The summed E-state index contributed by atoms with van der Waals surface area (Å²) in [5.74, 6) is 0.428. The van der Waals surface area contributed by atoms with Gasteiger partial charge in [0.05, 0.1) is 5.69 Å². The third kappa shape index (κ3) is 3.95. The van der Waals surface area contributed by atoms with Gasteiger partial charge >= 0.3 is 0 Å². The molecule has 2 N–H and O–H groups in total. The lowest BCUT2D eigenvalue weighted by Gasteiger charge is -2.13. The molecular formula is C18H18N4O3. The van der Waals surface area contributed by atoms with E-state index in [2.05, 4.69) is 15.5 Å². The van der Waals surface area contributed by atoms with Crippen molar-refractivity contribution in [2.75, 3.05) is 11.9 Å². The van der Waals surface area contributed by atoms with Crippen LogP contribution in [0.3, 0.4) is 0 Å². The highest BCUT2D eigenvalue weighted by Crippen LogP contribution is 2.24. The van der Waals surface area contributed by atoms with Crippen molar-refractivity contribution in [3.05, 3.63) is 60.2 Å². The summed E-state index contributed by atoms with van der Waals surface area (Å²) in [6.45, 7) is 3.64.